The molecule has 0 fully saturated rings. The van der Waals surface area contributed by atoms with E-state index in [0.717, 1.165) is 26.7 Å². The zero-order valence-electron chi connectivity index (χ0n) is 17.3. The molecule has 0 aliphatic carbocycles. The molecule has 2 aromatic carbocycles. The molecule has 150 valence electrons. The summed E-state index contributed by atoms with van der Waals surface area (Å²) in [5.74, 6) is -0.194. The standard InChI is InChI=1S/C23H29BrN2O2/c1-15(2)25-23(28)18(5)26(14-19-6-8-21(24)9-7-19)22(27)13-20-11-16(3)10-17(4)12-20/h6-12,15,18H,13-14H2,1-5H3,(H,25,28). The van der Waals surface area contributed by atoms with Gasteiger partial charge in [0, 0.05) is 17.1 Å². The van der Waals surface area contributed by atoms with Crippen LogP contribution in [-0.4, -0.2) is 28.8 Å². The largest absolute Gasteiger partial charge is 0.352 e. The van der Waals surface area contributed by atoms with Gasteiger partial charge in [-0.25, -0.2) is 0 Å². The van der Waals surface area contributed by atoms with E-state index in [1.54, 1.807) is 11.8 Å². The van der Waals surface area contributed by atoms with Crippen LogP contribution in [0.2, 0.25) is 0 Å². The zero-order valence-corrected chi connectivity index (χ0v) is 18.8. The summed E-state index contributed by atoms with van der Waals surface area (Å²) >= 11 is 3.43. The third-order valence-corrected chi connectivity index (χ3v) is 5.03. The molecule has 4 nitrogen and oxygen atoms in total. The van der Waals surface area contributed by atoms with Gasteiger partial charge in [0.25, 0.3) is 0 Å². The number of halogens is 1. The highest BCUT2D eigenvalue weighted by molar-refractivity contribution is 9.10. The molecule has 0 radical (unpaired) electrons. The van der Waals surface area contributed by atoms with Crippen LogP contribution in [0, 0.1) is 13.8 Å². The van der Waals surface area contributed by atoms with Crippen molar-refractivity contribution in [3.63, 3.8) is 0 Å². The predicted octanol–water partition coefficient (Wildman–Crippen LogP) is 4.55. The maximum absolute atomic E-state index is 13.2. The summed E-state index contributed by atoms with van der Waals surface area (Å²) in [6.45, 7) is 10.1. The zero-order chi connectivity index (χ0) is 20.8. The number of carbonyl (C=O) groups is 2. The highest BCUT2D eigenvalue weighted by atomic mass is 79.9. The average molecular weight is 445 g/mol. The van der Waals surface area contributed by atoms with E-state index in [1.165, 1.54) is 0 Å². The van der Waals surface area contributed by atoms with Crippen LogP contribution in [0.1, 0.15) is 43.0 Å². The van der Waals surface area contributed by atoms with Crippen molar-refractivity contribution in [1.29, 1.82) is 0 Å². The lowest BCUT2D eigenvalue weighted by Gasteiger charge is -2.29. The second-order valence-corrected chi connectivity index (χ2v) is 8.58. The SMILES string of the molecule is Cc1cc(C)cc(CC(=O)N(Cc2ccc(Br)cc2)C(C)C(=O)NC(C)C)c1. The van der Waals surface area contributed by atoms with Crippen LogP contribution >= 0.6 is 15.9 Å². The van der Waals surface area contributed by atoms with Gasteiger partial charge in [-0.1, -0.05) is 57.4 Å². The molecule has 0 bridgehead atoms. The summed E-state index contributed by atoms with van der Waals surface area (Å²) < 4.78 is 0.981. The molecule has 2 rings (SSSR count). The van der Waals surface area contributed by atoms with E-state index >= 15 is 0 Å². The Morgan fingerprint density at radius 1 is 0.964 bits per heavy atom. The van der Waals surface area contributed by atoms with Gasteiger partial charge in [-0.15, -0.1) is 0 Å². The van der Waals surface area contributed by atoms with Crippen LogP contribution in [-0.2, 0) is 22.6 Å². The number of hydrogen-bond donors (Lipinski definition) is 1. The molecule has 2 aromatic rings. The van der Waals surface area contributed by atoms with Crippen LogP contribution in [0.15, 0.2) is 46.9 Å². The highest BCUT2D eigenvalue weighted by Gasteiger charge is 2.26. The minimum Gasteiger partial charge on any atom is -0.352 e. The highest BCUT2D eigenvalue weighted by Crippen LogP contribution is 2.17. The summed E-state index contributed by atoms with van der Waals surface area (Å²) in [4.78, 5) is 27.4. The summed E-state index contributed by atoms with van der Waals surface area (Å²) in [7, 11) is 0. The summed E-state index contributed by atoms with van der Waals surface area (Å²) in [5, 5.41) is 2.91. The van der Waals surface area contributed by atoms with E-state index in [0.29, 0.717) is 6.54 Å². The fraction of sp³-hybridized carbons (Fsp3) is 0.391. The summed E-state index contributed by atoms with van der Waals surface area (Å²) in [5.41, 5.74) is 4.22. The number of amides is 2. The topological polar surface area (TPSA) is 49.4 Å². The van der Waals surface area contributed by atoms with Gasteiger partial charge in [0.1, 0.15) is 6.04 Å². The molecule has 1 unspecified atom stereocenters. The Morgan fingerprint density at radius 3 is 2.07 bits per heavy atom. The molecule has 28 heavy (non-hydrogen) atoms. The maximum Gasteiger partial charge on any atom is 0.242 e. The van der Waals surface area contributed by atoms with Gasteiger partial charge >= 0.3 is 0 Å². The molecule has 5 heteroatoms. The van der Waals surface area contributed by atoms with E-state index in [2.05, 4.69) is 27.3 Å². The predicted molar refractivity (Wildman–Crippen MR) is 117 cm³/mol. The van der Waals surface area contributed by atoms with Crippen LogP contribution < -0.4 is 5.32 Å². The lowest BCUT2D eigenvalue weighted by Crippen LogP contribution is -2.49. The summed E-state index contributed by atoms with van der Waals surface area (Å²) in [6.07, 6.45) is 0.276. The van der Waals surface area contributed by atoms with E-state index in [9.17, 15) is 9.59 Å². The number of hydrogen-bond acceptors (Lipinski definition) is 2. The number of carbonyl (C=O) groups excluding carboxylic acids is 2. The first-order valence-corrected chi connectivity index (χ1v) is 10.4. The second-order valence-electron chi connectivity index (χ2n) is 7.66. The molecular weight excluding hydrogens is 416 g/mol. The Labute approximate surface area is 176 Å². The molecule has 2 amide bonds. The third-order valence-electron chi connectivity index (χ3n) is 4.50. The van der Waals surface area contributed by atoms with E-state index in [1.807, 2.05) is 64.1 Å². The van der Waals surface area contributed by atoms with Gasteiger partial charge in [0.2, 0.25) is 11.8 Å². The van der Waals surface area contributed by atoms with Crippen molar-refractivity contribution in [3.8, 4) is 0 Å². The van der Waals surface area contributed by atoms with E-state index in [-0.39, 0.29) is 24.3 Å². The molecule has 0 heterocycles. The minimum atomic E-state index is -0.551. The smallest absolute Gasteiger partial charge is 0.242 e. The fourth-order valence-corrected chi connectivity index (χ4v) is 3.49. The molecular formula is C23H29BrN2O2. The van der Waals surface area contributed by atoms with Crippen molar-refractivity contribution in [3.05, 3.63) is 69.2 Å². The van der Waals surface area contributed by atoms with Crippen LogP contribution in [0.4, 0.5) is 0 Å². The molecule has 0 aliphatic rings. The Kier molecular flexibility index (Phi) is 7.81. The number of aryl methyl sites for hydroxylation is 2. The Morgan fingerprint density at radius 2 is 1.54 bits per heavy atom. The Hall–Kier alpha value is -2.14. The number of nitrogens with zero attached hydrogens (tertiary/aromatic N) is 1. The van der Waals surface area contributed by atoms with Crippen molar-refractivity contribution < 1.29 is 9.59 Å². The average Bonchev–Trinajstić information content (AvgIpc) is 2.59. The fourth-order valence-electron chi connectivity index (χ4n) is 3.22. The van der Waals surface area contributed by atoms with Crippen molar-refractivity contribution in [2.75, 3.05) is 0 Å². The number of nitrogens with one attached hydrogen (secondary N) is 1. The minimum absolute atomic E-state index is 0.0269. The summed E-state index contributed by atoms with van der Waals surface area (Å²) in [6, 6.07) is 13.4. The maximum atomic E-state index is 13.2. The van der Waals surface area contributed by atoms with Crippen molar-refractivity contribution in [2.24, 2.45) is 0 Å². The van der Waals surface area contributed by atoms with Crippen molar-refractivity contribution in [1.82, 2.24) is 10.2 Å². The Balaban J connectivity index is 2.25. The molecule has 0 spiro atoms. The first-order valence-electron chi connectivity index (χ1n) is 9.57. The molecule has 1 N–H and O–H groups in total. The van der Waals surface area contributed by atoms with Gasteiger partial charge in [0.05, 0.1) is 6.42 Å². The third kappa shape index (κ3) is 6.48. The molecule has 0 aromatic heterocycles. The molecule has 0 saturated heterocycles. The van der Waals surface area contributed by atoms with Crippen molar-refractivity contribution >= 4 is 27.7 Å². The lowest BCUT2D eigenvalue weighted by atomic mass is 10.0. The number of rotatable bonds is 7. The van der Waals surface area contributed by atoms with Gasteiger partial charge < -0.3 is 10.2 Å². The first kappa shape index (κ1) is 22.2. The molecule has 0 aliphatic heterocycles. The van der Waals surface area contributed by atoms with Gasteiger partial charge in [-0.2, -0.15) is 0 Å². The van der Waals surface area contributed by atoms with Crippen LogP contribution in [0.5, 0.6) is 0 Å². The van der Waals surface area contributed by atoms with E-state index in [4.69, 9.17) is 0 Å². The van der Waals surface area contributed by atoms with Crippen molar-refractivity contribution in [2.45, 2.75) is 59.7 Å². The van der Waals surface area contributed by atoms with Crippen LogP contribution in [0.25, 0.3) is 0 Å². The molecule has 1 atom stereocenters. The Bertz CT molecular complexity index is 811. The van der Waals surface area contributed by atoms with Crippen LogP contribution in [0.3, 0.4) is 0 Å². The van der Waals surface area contributed by atoms with E-state index < -0.39 is 6.04 Å². The van der Waals surface area contributed by atoms with Gasteiger partial charge in [-0.3, -0.25) is 9.59 Å². The van der Waals surface area contributed by atoms with Gasteiger partial charge in [0.15, 0.2) is 0 Å². The van der Waals surface area contributed by atoms with Gasteiger partial charge in [-0.05, 0) is 57.9 Å². The normalized spacial score (nSPS) is 12.0. The molecule has 0 saturated carbocycles. The quantitative estimate of drug-likeness (QED) is 0.680. The lowest BCUT2D eigenvalue weighted by molar-refractivity contribution is -0.140. The number of benzene rings is 2. The second kappa shape index (κ2) is 9.87. The monoisotopic (exact) mass is 444 g/mol. The first-order chi connectivity index (χ1) is 13.2.